The molecule has 0 bridgehead atoms. The Morgan fingerprint density at radius 3 is 2.85 bits per heavy atom. The molecule has 0 aliphatic rings. The number of hydrazone groups is 1. The smallest absolute Gasteiger partial charge is 0.252 e. The first-order valence-electron chi connectivity index (χ1n) is 5.94. The molecule has 0 saturated heterocycles. The first-order valence-corrected chi connectivity index (χ1v) is 5.94. The molecule has 0 aromatic carbocycles. The van der Waals surface area contributed by atoms with Crippen molar-refractivity contribution in [1.29, 1.82) is 5.26 Å². The van der Waals surface area contributed by atoms with Gasteiger partial charge in [0.15, 0.2) is 0 Å². The molecule has 2 rings (SSSR count). The molecule has 0 saturated carbocycles. The Morgan fingerprint density at radius 2 is 2.25 bits per heavy atom. The third-order valence-corrected chi connectivity index (χ3v) is 2.93. The Balaban J connectivity index is 2.19. The Labute approximate surface area is 115 Å². The number of nitriles is 1. The van der Waals surface area contributed by atoms with Crippen LogP contribution in [0, 0.1) is 25.2 Å². The van der Waals surface area contributed by atoms with Crippen LogP contribution in [0.5, 0.6) is 0 Å². The third kappa shape index (κ3) is 2.75. The normalized spacial score (nSPS) is 10.7. The molecule has 0 atom stereocenters. The standard InChI is InChI=1S/C13H14N6O/c1-8-4-12(20)17-13(16-8)18-15-7-10-5-11(6-14)19(3)9(10)2/h4-5,7H,1-3H3,(H2,16,17,18,20)/b15-7-. The quantitative estimate of drug-likeness (QED) is 0.643. The summed E-state index contributed by atoms with van der Waals surface area (Å²) in [5.41, 5.74) is 5.34. The average molecular weight is 270 g/mol. The number of anilines is 1. The van der Waals surface area contributed by atoms with Crippen molar-refractivity contribution in [3.05, 3.63) is 45.1 Å². The molecule has 2 N–H and O–H groups in total. The zero-order valence-electron chi connectivity index (χ0n) is 11.4. The van der Waals surface area contributed by atoms with Crippen molar-refractivity contribution >= 4 is 12.2 Å². The lowest BCUT2D eigenvalue weighted by Crippen LogP contribution is -2.10. The van der Waals surface area contributed by atoms with Crippen LogP contribution in [0.3, 0.4) is 0 Å². The van der Waals surface area contributed by atoms with Gasteiger partial charge in [-0.25, -0.2) is 10.4 Å². The summed E-state index contributed by atoms with van der Waals surface area (Å²) in [5.74, 6) is 0.278. The van der Waals surface area contributed by atoms with Gasteiger partial charge in [0.2, 0.25) is 5.95 Å². The largest absolute Gasteiger partial charge is 0.339 e. The summed E-state index contributed by atoms with van der Waals surface area (Å²) >= 11 is 0. The maximum atomic E-state index is 11.3. The van der Waals surface area contributed by atoms with Crippen molar-refractivity contribution in [3.8, 4) is 6.07 Å². The summed E-state index contributed by atoms with van der Waals surface area (Å²) in [5, 5.41) is 13.0. The zero-order valence-corrected chi connectivity index (χ0v) is 11.4. The predicted octanol–water partition coefficient (Wildman–Crippen LogP) is 1.04. The second kappa shape index (κ2) is 5.40. The topological polar surface area (TPSA) is 98.9 Å². The molecule has 7 nitrogen and oxygen atoms in total. The van der Waals surface area contributed by atoms with Gasteiger partial charge in [-0.1, -0.05) is 0 Å². The lowest BCUT2D eigenvalue weighted by atomic mass is 10.3. The molecule has 0 aliphatic heterocycles. The molecule has 7 heteroatoms. The van der Waals surface area contributed by atoms with Crippen molar-refractivity contribution < 1.29 is 0 Å². The lowest BCUT2D eigenvalue weighted by molar-refractivity contribution is 0.865. The highest BCUT2D eigenvalue weighted by Gasteiger charge is 2.06. The Kier molecular flexibility index (Phi) is 3.66. The number of nitrogens with one attached hydrogen (secondary N) is 2. The minimum Gasteiger partial charge on any atom is -0.339 e. The second-order valence-electron chi connectivity index (χ2n) is 4.35. The number of hydrogen-bond acceptors (Lipinski definition) is 5. The first-order chi connectivity index (χ1) is 9.51. The zero-order chi connectivity index (χ0) is 14.7. The van der Waals surface area contributed by atoms with E-state index in [1.165, 1.54) is 6.07 Å². The van der Waals surface area contributed by atoms with Crippen molar-refractivity contribution in [2.75, 3.05) is 5.43 Å². The van der Waals surface area contributed by atoms with E-state index < -0.39 is 0 Å². The van der Waals surface area contributed by atoms with Crippen LogP contribution < -0.4 is 11.0 Å². The van der Waals surface area contributed by atoms with Crippen LogP contribution in [-0.2, 0) is 7.05 Å². The summed E-state index contributed by atoms with van der Waals surface area (Å²) in [6.45, 7) is 3.62. The van der Waals surface area contributed by atoms with Crippen LogP contribution in [-0.4, -0.2) is 20.7 Å². The van der Waals surface area contributed by atoms with E-state index in [1.54, 1.807) is 23.8 Å². The highest BCUT2D eigenvalue weighted by molar-refractivity contribution is 5.82. The molecule has 2 aromatic heterocycles. The fraction of sp³-hybridized carbons (Fsp3) is 0.231. The highest BCUT2D eigenvalue weighted by atomic mass is 16.1. The van der Waals surface area contributed by atoms with Gasteiger partial charge in [0.1, 0.15) is 11.8 Å². The number of hydrogen-bond donors (Lipinski definition) is 2. The maximum Gasteiger partial charge on any atom is 0.252 e. The van der Waals surface area contributed by atoms with E-state index in [2.05, 4.69) is 26.6 Å². The Hall–Kier alpha value is -2.88. The fourth-order valence-corrected chi connectivity index (χ4v) is 1.76. The van der Waals surface area contributed by atoms with Crippen LogP contribution in [0.15, 0.2) is 22.0 Å². The van der Waals surface area contributed by atoms with Crippen LogP contribution in [0.25, 0.3) is 0 Å². The average Bonchev–Trinajstić information content (AvgIpc) is 2.65. The SMILES string of the molecule is Cc1cc(=O)[nH]c(N/N=C\c2cc(C#N)n(C)c2C)n1. The molecule has 0 fully saturated rings. The first kappa shape index (κ1) is 13.5. The van der Waals surface area contributed by atoms with Crippen molar-refractivity contribution in [2.24, 2.45) is 12.1 Å². The fourth-order valence-electron chi connectivity index (χ4n) is 1.76. The van der Waals surface area contributed by atoms with E-state index in [1.807, 2.05) is 14.0 Å². The summed E-state index contributed by atoms with van der Waals surface area (Å²) in [4.78, 5) is 17.9. The van der Waals surface area contributed by atoms with Crippen LogP contribution in [0.2, 0.25) is 0 Å². The van der Waals surface area contributed by atoms with Gasteiger partial charge in [0.25, 0.3) is 5.56 Å². The van der Waals surface area contributed by atoms with Crippen LogP contribution >= 0.6 is 0 Å². The third-order valence-electron chi connectivity index (χ3n) is 2.93. The molecule has 2 aromatic rings. The number of aromatic amines is 1. The van der Waals surface area contributed by atoms with E-state index in [0.29, 0.717) is 11.4 Å². The number of aromatic nitrogens is 3. The summed E-state index contributed by atoms with van der Waals surface area (Å²) in [6, 6.07) is 5.24. The van der Waals surface area contributed by atoms with E-state index in [0.717, 1.165) is 11.3 Å². The molecular formula is C13H14N6O. The highest BCUT2D eigenvalue weighted by Crippen LogP contribution is 2.11. The molecule has 0 amide bonds. The molecule has 20 heavy (non-hydrogen) atoms. The summed E-state index contributed by atoms with van der Waals surface area (Å²) in [6.07, 6.45) is 1.58. The van der Waals surface area contributed by atoms with Gasteiger partial charge in [0, 0.05) is 30.1 Å². The number of aryl methyl sites for hydroxylation is 1. The van der Waals surface area contributed by atoms with Crippen molar-refractivity contribution in [1.82, 2.24) is 14.5 Å². The Bertz CT molecular complexity index is 762. The van der Waals surface area contributed by atoms with Crippen LogP contribution in [0.1, 0.15) is 22.6 Å². The number of H-pyrrole nitrogens is 1. The predicted molar refractivity (Wildman–Crippen MR) is 75.7 cm³/mol. The van der Waals surface area contributed by atoms with Gasteiger partial charge in [0.05, 0.1) is 6.21 Å². The summed E-state index contributed by atoms with van der Waals surface area (Å²) < 4.78 is 1.79. The lowest BCUT2D eigenvalue weighted by Gasteiger charge is -2.00. The molecule has 0 spiro atoms. The molecule has 102 valence electrons. The maximum absolute atomic E-state index is 11.3. The Morgan fingerprint density at radius 1 is 1.50 bits per heavy atom. The van der Waals surface area contributed by atoms with Gasteiger partial charge < -0.3 is 4.57 Å². The van der Waals surface area contributed by atoms with E-state index >= 15 is 0 Å². The molecule has 0 aliphatic carbocycles. The van der Waals surface area contributed by atoms with Gasteiger partial charge in [-0.3, -0.25) is 9.78 Å². The minimum atomic E-state index is -0.238. The molecule has 2 heterocycles. The van der Waals surface area contributed by atoms with Gasteiger partial charge >= 0.3 is 0 Å². The van der Waals surface area contributed by atoms with Crippen molar-refractivity contribution in [2.45, 2.75) is 13.8 Å². The van der Waals surface area contributed by atoms with Crippen molar-refractivity contribution in [3.63, 3.8) is 0 Å². The van der Waals surface area contributed by atoms with Gasteiger partial charge in [-0.15, -0.1) is 0 Å². The number of rotatable bonds is 3. The van der Waals surface area contributed by atoms with E-state index in [4.69, 9.17) is 5.26 Å². The van der Waals surface area contributed by atoms with Crippen LogP contribution in [0.4, 0.5) is 5.95 Å². The van der Waals surface area contributed by atoms with E-state index in [9.17, 15) is 4.79 Å². The van der Waals surface area contributed by atoms with Gasteiger partial charge in [-0.05, 0) is 19.9 Å². The number of nitrogens with zero attached hydrogens (tertiary/aromatic N) is 4. The summed E-state index contributed by atoms with van der Waals surface area (Å²) in [7, 11) is 1.82. The second-order valence-corrected chi connectivity index (χ2v) is 4.35. The molecule has 0 unspecified atom stereocenters. The minimum absolute atomic E-state index is 0.238. The van der Waals surface area contributed by atoms with Gasteiger partial charge in [-0.2, -0.15) is 10.4 Å². The molecular weight excluding hydrogens is 256 g/mol. The molecule has 0 radical (unpaired) electrons. The monoisotopic (exact) mass is 270 g/mol. The van der Waals surface area contributed by atoms with E-state index in [-0.39, 0.29) is 11.5 Å².